The maximum Gasteiger partial charge on any atom is 0.314 e. The summed E-state index contributed by atoms with van der Waals surface area (Å²) in [7, 11) is 0. The first-order valence-electron chi connectivity index (χ1n) is 5.55. The van der Waals surface area contributed by atoms with Gasteiger partial charge in [0, 0.05) is 6.42 Å². The molecule has 0 spiro atoms. The molecular formula is C13H15NO4. The van der Waals surface area contributed by atoms with Crippen molar-refractivity contribution < 1.29 is 19.1 Å². The number of ether oxygens (including phenoxy) is 2. The van der Waals surface area contributed by atoms with E-state index in [0.717, 1.165) is 0 Å². The Labute approximate surface area is 105 Å². The number of pyridine rings is 1. The Morgan fingerprint density at radius 3 is 2.72 bits per heavy atom. The molecule has 1 aromatic heterocycles. The van der Waals surface area contributed by atoms with E-state index < -0.39 is 11.9 Å². The monoisotopic (exact) mass is 249 g/mol. The second kappa shape index (κ2) is 7.21. The van der Waals surface area contributed by atoms with Crippen molar-refractivity contribution in [1.82, 2.24) is 4.98 Å². The van der Waals surface area contributed by atoms with Crippen molar-refractivity contribution in [3.8, 4) is 0 Å². The Balaban J connectivity index is 2.39. The van der Waals surface area contributed by atoms with Crippen molar-refractivity contribution >= 4 is 18.0 Å². The van der Waals surface area contributed by atoms with Gasteiger partial charge in [0.05, 0.1) is 17.8 Å². The van der Waals surface area contributed by atoms with Crippen LogP contribution in [-0.2, 0) is 25.5 Å². The molecule has 0 bridgehead atoms. The molecule has 96 valence electrons. The lowest BCUT2D eigenvalue weighted by molar-refractivity contribution is -0.166. The molecular weight excluding hydrogens is 234 g/mol. The SMILES string of the molecule is C=Cc1cccc(CC(=O)OCOC(=O)CC)n1. The van der Waals surface area contributed by atoms with Crippen molar-refractivity contribution in [2.75, 3.05) is 6.79 Å². The highest BCUT2D eigenvalue weighted by atomic mass is 16.7. The van der Waals surface area contributed by atoms with Crippen LogP contribution in [0.2, 0.25) is 0 Å². The van der Waals surface area contributed by atoms with Gasteiger partial charge in [0.1, 0.15) is 0 Å². The van der Waals surface area contributed by atoms with Gasteiger partial charge in [-0.1, -0.05) is 19.6 Å². The Morgan fingerprint density at radius 2 is 2.06 bits per heavy atom. The predicted octanol–water partition coefficient (Wildman–Crippen LogP) is 1.72. The van der Waals surface area contributed by atoms with Gasteiger partial charge in [-0.25, -0.2) is 0 Å². The largest absolute Gasteiger partial charge is 0.428 e. The fraction of sp³-hybridized carbons (Fsp3) is 0.308. The van der Waals surface area contributed by atoms with Crippen LogP contribution in [0.1, 0.15) is 24.7 Å². The average Bonchev–Trinajstić information content (AvgIpc) is 2.38. The third kappa shape index (κ3) is 4.78. The zero-order valence-corrected chi connectivity index (χ0v) is 10.2. The first kappa shape index (κ1) is 13.9. The Hall–Kier alpha value is -2.17. The van der Waals surface area contributed by atoms with Crippen molar-refractivity contribution in [3.05, 3.63) is 36.2 Å². The molecule has 1 heterocycles. The van der Waals surface area contributed by atoms with Gasteiger partial charge in [0.15, 0.2) is 0 Å². The number of carbonyl (C=O) groups is 2. The highest BCUT2D eigenvalue weighted by Crippen LogP contribution is 2.02. The number of hydrogen-bond donors (Lipinski definition) is 0. The third-order valence-corrected chi connectivity index (χ3v) is 2.09. The van der Waals surface area contributed by atoms with Crippen molar-refractivity contribution in [3.63, 3.8) is 0 Å². The number of carbonyl (C=O) groups excluding carboxylic acids is 2. The fourth-order valence-electron chi connectivity index (χ4n) is 1.17. The van der Waals surface area contributed by atoms with Crippen LogP contribution in [0.15, 0.2) is 24.8 Å². The molecule has 0 aliphatic heterocycles. The lowest BCUT2D eigenvalue weighted by Crippen LogP contribution is -2.14. The molecule has 0 atom stereocenters. The zero-order valence-electron chi connectivity index (χ0n) is 10.2. The maximum absolute atomic E-state index is 11.4. The molecule has 0 aromatic carbocycles. The van der Waals surface area contributed by atoms with E-state index in [1.807, 2.05) is 0 Å². The predicted molar refractivity (Wildman–Crippen MR) is 65.4 cm³/mol. The molecule has 0 saturated carbocycles. The van der Waals surface area contributed by atoms with Crippen LogP contribution in [-0.4, -0.2) is 23.7 Å². The Morgan fingerprint density at radius 1 is 1.33 bits per heavy atom. The molecule has 0 amide bonds. The molecule has 18 heavy (non-hydrogen) atoms. The maximum atomic E-state index is 11.4. The van der Waals surface area contributed by atoms with E-state index in [1.165, 1.54) is 0 Å². The number of rotatable bonds is 6. The summed E-state index contributed by atoms with van der Waals surface area (Å²) in [6, 6.07) is 5.28. The van der Waals surface area contributed by atoms with Gasteiger partial charge in [-0.3, -0.25) is 14.6 Å². The summed E-state index contributed by atoms with van der Waals surface area (Å²) in [5, 5.41) is 0. The van der Waals surface area contributed by atoms with Crippen LogP contribution in [0.4, 0.5) is 0 Å². The lowest BCUT2D eigenvalue weighted by atomic mass is 10.2. The Kier molecular flexibility index (Phi) is 5.57. The number of esters is 2. The van der Waals surface area contributed by atoms with E-state index in [2.05, 4.69) is 16.3 Å². The molecule has 0 aliphatic carbocycles. The quantitative estimate of drug-likeness (QED) is 0.567. The molecule has 0 N–H and O–H groups in total. The van der Waals surface area contributed by atoms with E-state index in [9.17, 15) is 9.59 Å². The minimum absolute atomic E-state index is 0.0331. The van der Waals surface area contributed by atoms with E-state index in [0.29, 0.717) is 11.4 Å². The second-order valence-electron chi connectivity index (χ2n) is 3.44. The molecule has 0 saturated heterocycles. The molecule has 5 heteroatoms. The molecule has 0 aliphatic rings. The lowest BCUT2D eigenvalue weighted by Gasteiger charge is -2.05. The summed E-state index contributed by atoms with van der Waals surface area (Å²) in [4.78, 5) is 26.4. The minimum atomic E-state index is -0.493. The van der Waals surface area contributed by atoms with Gasteiger partial charge in [-0.05, 0) is 18.2 Å². The minimum Gasteiger partial charge on any atom is -0.428 e. The van der Waals surface area contributed by atoms with Crippen LogP contribution in [0, 0.1) is 0 Å². The van der Waals surface area contributed by atoms with E-state index >= 15 is 0 Å². The number of aromatic nitrogens is 1. The summed E-state index contributed by atoms with van der Waals surface area (Å²) >= 11 is 0. The normalized spacial score (nSPS) is 9.61. The van der Waals surface area contributed by atoms with Crippen molar-refractivity contribution in [2.45, 2.75) is 19.8 Å². The van der Waals surface area contributed by atoms with Gasteiger partial charge >= 0.3 is 11.9 Å². The van der Waals surface area contributed by atoms with Gasteiger partial charge in [-0.15, -0.1) is 0 Å². The molecule has 0 radical (unpaired) electrons. The number of nitrogens with zero attached hydrogens (tertiary/aromatic N) is 1. The third-order valence-electron chi connectivity index (χ3n) is 2.09. The van der Waals surface area contributed by atoms with Gasteiger partial charge in [-0.2, -0.15) is 0 Å². The topological polar surface area (TPSA) is 65.5 Å². The summed E-state index contributed by atoms with van der Waals surface area (Å²) in [6.07, 6.45) is 1.88. The van der Waals surface area contributed by atoms with Gasteiger partial charge in [0.2, 0.25) is 6.79 Å². The summed E-state index contributed by atoms with van der Waals surface area (Å²) in [5.41, 5.74) is 1.27. The first-order chi connectivity index (χ1) is 8.65. The molecule has 0 unspecified atom stereocenters. The zero-order chi connectivity index (χ0) is 13.4. The summed E-state index contributed by atoms with van der Waals surface area (Å²) in [6.45, 7) is 4.90. The van der Waals surface area contributed by atoms with Gasteiger partial charge < -0.3 is 9.47 Å². The van der Waals surface area contributed by atoms with E-state index in [4.69, 9.17) is 4.74 Å². The molecule has 1 aromatic rings. The highest BCUT2D eigenvalue weighted by molar-refractivity contribution is 5.72. The molecule has 0 fully saturated rings. The van der Waals surface area contributed by atoms with E-state index in [1.54, 1.807) is 31.2 Å². The van der Waals surface area contributed by atoms with Crippen LogP contribution in [0.25, 0.3) is 6.08 Å². The van der Waals surface area contributed by atoms with Crippen molar-refractivity contribution in [2.24, 2.45) is 0 Å². The smallest absolute Gasteiger partial charge is 0.314 e. The Bertz CT molecular complexity index is 442. The van der Waals surface area contributed by atoms with Gasteiger partial charge in [0.25, 0.3) is 0 Å². The highest BCUT2D eigenvalue weighted by Gasteiger charge is 2.07. The molecule has 5 nitrogen and oxygen atoms in total. The first-order valence-corrected chi connectivity index (χ1v) is 5.55. The van der Waals surface area contributed by atoms with E-state index in [-0.39, 0.29) is 19.6 Å². The van der Waals surface area contributed by atoms with Crippen LogP contribution >= 0.6 is 0 Å². The summed E-state index contributed by atoms with van der Waals surface area (Å²) < 4.78 is 9.37. The summed E-state index contributed by atoms with van der Waals surface area (Å²) in [5.74, 6) is -0.901. The average molecular weight is 249 g/mol. The fourth-order valence-corrected chi connectivity index (χ4v) is 1.17. The van der Waals surface area contributed by atoms with Crippen molar-refractivity contribution in [1.29, 1.82) is 0 Å². The molecule has 1 rings (SSSR count). The van der Waals surface area contributed by atoms with Crippen LogP contribution in [0.5, 0.6) is 0 Å². The van der Waals surface area contributed by atoms with Crippen LogP contribution < -0.4 is 0 Å². The number of hydrogen-bond acceptors (Lipinski definition) is 5. The van der Waals surface area contributed by atoms with Crippen LogP contribution in [0.3, 0.4) is 0 Å². The second-order valence-corrected chi connectivity index (χ2v) is 3.44. The standard InChI is InChI=1S/C13H15NO4/c1-3-10-6-5-7-11(14-10)8-13(16)18-9-17-12(15)4-2/h3,5-7H,1,4,8-9H2,2H3.